The molecular formula is C15H24N2O3S. The third-order valence-corrected chi connectivity index (χ3v) is 7.70. The van der Waals surface area contributed by atoms with Crippen molar-refractivity contribution < 1.29 is 13.2 Å². The van der Waals surface area contributed by atoms with Crippen LogP contribution in [0.4, 0.5) is 4.79 Å². The van der Waals surface area contributed by atoms with Gasteiger partial charge in [-0.2, -0.15) is 0 Å². The van der Waals surface area contributed by atoms with Gasteiger partial charge in [-0.15, -0.1) is 0 Å². The molecule has 3 saturated heterocycles. The predicted octanol–water partition coefficient (Wildman–Crippen LogP) is 1.39. The summed E-state index contributed by atoms with van der Waals surface area (Å²) in [5.74, 6) is 2.63. The van der Waals surface area contributed by atoms with Crippen molar-refractivity contribution in [3.05, 3.63) is 0 Å². The smallest absolute Gasteiger partial charge is 0.317 e. The van der Waals surface area contributed by atoms with Crippen LogP contribution >= 0.6 is 0 Å². The van der Waals surface area contributed by atoms with Crippen LogP contribution in [0.25, 0.3) is 0 Å². The Morgan fingerprint density at radius 2 is 1.67 bits per heavy atom. The summed E-state index contributed by atoms with van der Waals surface area (Å²) in [6.45, 7) is 0.878. The second-order valence-electron chi connectivity index (χ2n) is 7.63. The Morgan fingerprint density at radius 1 is 1.00 bits per heavy atom. The normalized spacial score (nSPS) is 43.8. The van der Waals surface area contributed by atoms with Gasteiger partial charge >= 0.3 is 6.03 Å². The van der Waals surface area contributed by atoms with Gasteiger partial charge < -0.3 is 10.2 Å². The molecule has 2 saturated carbocycles. The van der Waals surface area contributed by atoms with Crippen LogP contribution in [0.3, 0.4) is 0 Å². The zero-order chi connectivity index (χ0) is 14.6. The van der Waals surface area contributed by atoms with Crippen LogP contribution in [0.15, 0.2) is 0 Å². The fourth-order valence-electron chi connectivity index (χ4n) is 5.20. The predicted molar refractivity (Wildman–Crippen MR) is 79.6 cm³/mol. The molecule has 0 aromatic heterocycles. The lowest BCUT2D eigenvalue weighted by molar-refractivity contribution is 0.131. The number of sulfone groups is 1. The molecule has 5 fully saturated rings. The molecule has 5 rings (SSSR count). The molecule has 2 amide bonds. The molecular weight excluding hydrogens is 288 g/mol. The molecule has 3 aliphatic heterocycles. The van der Waals surface area contributed by atoms with Gasteiger partial charge in [0.1, 0.15) is 0 Å². The highest BCUT2D eigenvalue weighted by Gasteiger charge is 2.44. The van der Waals surface area contributed by atoms with E-state index in [4.69, 9.17) is 0 Å². The van der Waals surface area contributed by atoms with E-state index < -0.39 is 9.84 Å². The average molecular weight is 312 g/mol. The first-order valence-electron chi connectivity index (χ1n) is 8.26. The number of hydrogen-bond acceptors (Lipinski definition) is 3. The van der Waals surface area contributed by atoms with Crippen molar-refractivity contribution in [1.29, 1.82) is 0 Å². The van der Waals surface area contributed by atoms with E-state index in [1.807, 2.05) is 4.90 Å². The molecule has 1 N–H and O–H groups in total. The van der Waals surface area contributed by atoms with E-state index in [1.165, 1.54) is 19.3 Å². The second kappa shape index (κ2) is 4.86. The number of hydrogen-bond donors (Lipinski definition) is 1. The molecule has 0 radical (unpaired) electrons. The molecule has 0 aromatic carbocycles. The van der Waals surface area contributed by atoms with Crippen molar-refractivity contribution >= 4 is 15.9 Å². The summed E-state index contributed by atoms with van der Waals surface area (Å²) in [6.07, 6.45) is 6.82. The maximum atomic E-state index is 12.6. The Hall–Kier alpha value is -0.780. The van der Waals surface area contributed by atoms with Gasteiger partial charge in [-0.1, -0.05) is 0 Å². The van der Waals surface area contributed by atoms with Gasteiger partial charge in [0.2, 0.25) is 0 Å². The molecule has 0 aromatic rings. The van der Waals surface area contributed by atoms with Crippen molar-refractivity contribution in [2.45, 2.75) is 50.6 Å². The number of amides is 2. The van der Waals surface area contributed by atoms with Gasteiger partial charge in [0.25, 0.3) is 0 Å². The van der Waals surface area contributed by atoms with Gasteiger partial charge in [-0.05, 0) is 56.3 Å². The molecule has 2 unspecified atom stereocenters. The number of urea groups is 1. The Kier molecular flexibility index (Phi) is 3.21. The topological polar surface area (TPSA) is 66.5 Å². The van der Waals surface area contributed by atoms with Crippen molar-refractivity contribution in [1.82, 2.24) is 10.2 Å². The SMILES string of the molecule is O=C(N[C@H]1CCS(=O)(=O)C1)N1CC2C[C@@H]3CC1C[C@H](C2)C3. The first kappa shape index (κ1) is 13.9. The van der Waals surface area contributed by atoms with Crippen LogP contribution in [0.5, 0.6) is 0 Å². The number of rotatable bonds is 1. The minimum atomic E-state index is -2.93. The first-order valence-corrected chi connectivity index (χ1v) is 10.1. The molecule has 2 aliphatic carbocycles. The number of carbonyl (C=O) groups excluding carboxylic acids is 1. The van der Waals surface area contributed by atoms with E-state index in [9.17, 15) is 13.2 Å². The number of nitrogens with one attached hydrogen (secondary N) is 1. The quantitative estimate of drug-likeness (QED) is 0.796. The molecule has 5 aliphatic rings. The van der Waals surface area contributed by atoms with Crippen molar-refractivity contribution in [2.24, 2.45) is 17.8 Å². The summed E-state index contributed by atoms with van der Waals surface area (Å²) in [5.41, 5.74) is 0. The summed E-state index contributed by atoms with van der Waals surface area (Å²) in [4.78, 5) is 14.6. The Balaban J connectivity index is 1.45. The molecule has 118 valence electrons. The summed E-state index contributed by atoms with van der Waals surface area (Å²) in [7, 11) is -2.93. The maximum Gasteiger partial charge on any atom is 0.317 e. The molecule has 6 heteroatoms. The third-order valence-electron chi connectivity index (χ3n) is 5.93. The van der Waals surface area contributed by atoms with Crippen LogP contribution in [-0.4, -0.2) is 49.5 Å². The highest BCUT2D eigenvalue weighted by molar-refractivity contribution is 7.91. The molecule has 3 heterocycles. The minimum Gasteiger partial charge on any atom is -0.334 e. The van der Waals surface area contributed by atoms with Crippen LogP contribution in [0, 0.1) is 17.8 Å². The average Bonchev–Trinajstić information content (AvgIpc) is 2.60. The third kappa shape index (κ3) is 2.67. The van der Waals surface area contributed by atoms with Crippen LogP contribution in [0.1, 0.15) is 38.5 Å². The number of carbonyl (C=O) groups is 1. The minimum absolute atomic E-state index is 0.0182. The van der Waals surface area contributed by atoms with E-state index in [0.717, 1.165) is 31.2 Å². The Morgan fingerprint density at radius 3 is 2.29 bits per heavy atom. The highest BCUT2D eigenvalue weighted by atomic mass is 32.2. The van der Waals surface area contributed by atoms with Crippen LogP contribution in [0.2, 0.25) is 0 Å². The summed E-state index contributed by atoms with van der Waals surface area (Å²) in [5, 5.41) is 2.98. The summed E-state index contributed by atoms with van der Waals surface area (Å²) >= 11 is 0. The lowest BCUT2D eigenvalue weighted by Crippen LogP contribution is -2.50. The summed E-state index contributed by atoms with van der Waals surface area (Å²) in [6, 6.07) is 0.190. The van der Waals surface area contributed by atoms with Crippen LogP contribution < -0.4 is 5.32 Å². The van der Waals surface area contributed by atoms with Crippen molar-refractivity contribution in [3.8, 4) is 0 Å². The first-order chi connectivity index (χ1) is 9.98. The molecule has 0 spiro atoms. The maximum absolute atomic E-state index is 12.6. The molecule has 4 bridgehead atoms. The van der Waals surface area contributed by atoms with Gasteiger partial charge in [0, 0.05) is 18.6 Å². The van der Waals surface area contributed by atoms with Gasteiger partial charge in [0.05, 0.1) is 11.5 Å². The van der Waals surface area contributed by atoms with Gasteiger partial charge in [0.15, 0.2) is 9.84 Å². The monoisotopic (exact) mass is 312 g/mol. The zero-order valence-corrected chi connectivity index (χ0v) is 13.1. The molecule has 21 heavy (non-hydrogen) atoms. The molecule has 5 atom stereocenters. The van der Waals surface area contributed by atoms with Crippen molar-refractivity contribution in [2.75, 3.05) is 18.1 Å². The lowest BCUT2D eigenvalue weighted by Gasteiger charge is -2.39. The number of fused-ring (bicyclic) bond motifs is 1. The van der Waals surface area contributed by atoms with E-state index in [2.05, 4.69) is 5.32 Å². The largest absolute Gasteiger partial charge is 0.334 e. The van der Waals surface area contributed by atoms with Crippen molar-refractivity contribution in [3.63, 3.8) is 0 Å². The second-order valence-corrected chi connectivity index (χ2v) is 9.86. The standard InChI is InChI=1S/C15H24N2O3S/c18-15(16-13-1-2-21(19,20)9-13)17-8-12-4-10-3-11(5-12)7-14(17)6-10/h10-14H,1-9H2,(H,16,18)/t10-,11+,12?,13-,14?/m0/s1. The van der Waals surface area contributed by atoms with Gasteiger partial charge in [-0.25, -0.2) is 13.2 Å². The van der Waals surface area contributed by atoms with Crippen LogP contribution in [-0.2, 0) is 9.84 Å². The summed E-state index contributed by atoms with van der Waals surface area (Å²) < 4.78 is 23.0. The van der Waals surface area contributed by atoms with E-state index >= 15 is 0 Å². The van der Waals surface area contributed by atoms with Gasteiger partial charge in [-0.3, -0.25) is 0 Å². The highest BCUT2D eigenvalue weighted by Crippen LogP contribution is 2.47. The van der Waals surface area contributed by atoms with E-state index in [0.29, 0.717) is 18.4 Å². The Labute approximate surface area is 126 Å². The fraction of sp³-hybridized carbons (Fsp3) is 0.933. The lowest BCUT2D eigenvalue weighted by atomic mass is 9.68. The fourth-order valence-corrected chi connectivity index (χ4v) is 6.87. The zero-order valence-electron chi connectivity index (χ0n) is 12.3. The van der Waals surface area contributed by atoms with E-state index in [1.54, 1.807) is 0 Å². The number of nitrogens with zero attached hydrogens (tertiary/aromatic N) is 1. The van der Waals surface area contributed by atoms with E-state index in [-0.39, 0.29) is 23.6 Å². The molecule has 5 nitrogen and oxygen atoms in total. The Bertz CT molecular complexity index is 533.